The van der Waals surface area contributed by atoms with Gasteiger partial charge in [-0.2, -0.15) is 0 Å². The van der Waals surface area contributed by atoms with Gasteiger partial charge in [0.2, 0.25) is 0 Å². The second kappa shape index (κ2) is 11.8. The van der Waals surface area contributed by atoms with Crippen LogP contribution in [0.1, 0.15) is 10.4 Å². The summed E-state index contributed by atoms with van der Waals surface area (Å²) < 4.78 is 21.7. The van der Waals surface area contributed by atoms with E-state index in [0.29, 0.717) is 23.9 Å². The Hall–Kier alpha value is -4.20. The van der Waals surface area contributed by atoms with Crippen molar-refractivity contribution in [2.24, 2.45) is 0 Å². The Balaban J connectivity index is 1.43. The van der Waals surface area contributed by atoms with E-state index in [0.717, 1.165) is 5.75 Å². The minimum absolute atomic E-state index is 0.251. The molecule has 0 saturated carbocycles. The fourth-order valence-corrected chi connectivity index (χ4v) is 2.66. The highest BCUT2D eigenvalue weighted by molar-refractivity contribution is 5.97. The standard InChI is InChI=1S/C24H24N2O6/c1-29-18-11-13-20(14-12-18)32-17-23(27)25-26-24(28)21-9-5-6-10-22(21)31-16-15-30-19-7-3-2-4-8-19/h2-14H,15-17H2,1H3,(H,25,27)(H,26,28). The molecule has 0 fully saturated rings. The lowest BCUT2D eigenvalue weighted by atomic mass is 10.2. The Kier molecular flexibility index (Phi) is 8.33. The van der Waals surface area contributed by atoms with Crippen molar-refractivity contribution in [3.63, 3.8) is 0 Å². The first-order chi connectivity index (χ1) is 15.7. The van der Waals surface area contributed by atoms with E-state index in [1.165, 1.54) is 0 Å². The van der Waals surface area contributed by atoms with E-state index in [4.69, 9.17) is 18.9 Å². The number of hydrazine groups is 1. The van der Waals surface area contributed by atoms with E-state index < -0.39 is 11.8 Å². The van der Waals surface area contributed by atoms with E-state index in [-0.39, 0.29) is 18.8 Å². The quantitative estimate of drug-likeness (QED) is 0.375. The molecule has 3 aromatic carbocycles. The topological polar surface area (TPSA) is 95.1 Å². The van der Waals surface area contributed by atoms with Gasteiger partial charge in [0.25, 0.3) is 11.8 Å². The lowest BCUT2D eigenvalue weighted by molar-refractivity contribution is -0.123. The van der Waals surface area contributed by atoms with E-state index in [2.05, 4.69) is 10.9 Å². The number of benzene rings is 3. The number of ether oxygens (including phenoxy) is 4. The highest BCUT2D eigenvalue weighted by Gasteiger charge is 2.13. The van der Waals surface area contributed by atoms with Crippen LogP contribution in [0.4, 0.5) is 0 Å². The maximum atomic E-state index is 12.5. The van der Waals surface area contributed by atoms with Crippen LogP contribution < -0.4 is 29.8 Å². The van der Waals surface area contributed by atoms with Gasteiger partial charge in [0.1, 0.15) is 36.2 Å². The summed E-state index contributed by atoms with van der Waals surface area (Å²) in [6.07, 6.45) is 0. The summed E-state index contributed by atoms with van der Waals surface area (Å²) in [6.45, 7) is 0.308. The first kappa shape index (κ1) is 22.5. The van der Waals surface area contributed by atoms with E-state index >= 15 is 0 Å². The van der Waals surface area contributed by atoms with Gasteiger partial charge >= 0.3 is 0 Å². The SMILES string of the molecule is COc1ccc(OCC(=O)NNC(=O)c2ccccc2OCCOc2ccccc2)cc1. The van der Waals surface area contributed by atoms with Crippen LogP contribution in [0, 0.1) is 0 Å². The number of methoxy groups -OCH3 is 1. The third kappa shape index (κ3) is 6.94. The molecule has 8 nitrogen and oxygen atoms in total. The average molecular weight is 436 g/mol. The van der Waals surface area contributed by atoms with Gasteiger partial charge in [-0.1, -0.05) is 30.3 Å². The third-order valence-corrected chi connectivity index (χ3v) is 4.23. The van der Waals surface area contributed by atoms with Crippen LogP contribution in [-0.4, -0.2) is 38.7 Å². The average Bonchev–Trinajstić information content (AvgIpc) is 2.85. The zero-order valence-corrected chi connectivity index (χ0v) is 17.6. The molecule has 32 heavy (non-hydrogen) atoms. The molecule has 0 heterocycles. The molecule has 0 bridgehead atoms. The number of hydrogen-bond donors (Lipinski definition) is 2. The van der Waals surface area contributed by atoms with Crippen LogP contribution in [0.25, 0.3) is 0 Å². The first-order valence-electron chi connectivity index (χ1n) is 9.91. The highest BCUT2D eigenvalue weighted by Crippen LogP contribution is 2.18. The molecule has 0 saturated heterocycles. The van der Waals surface area contributed by atoms with Crippen LogP contribution in [0.5, 0.6) is 23.0 Å². The van der Waals surface area contributed by atoms with Crippen LogP contribution in [-0.2, 0) is 4.79 Å². The van der Waals surface area contributed by atoms with Gasteiger partial charge in [0, 0.05) is 0 Å². The van der Waals surface area contributed by atoms with Gasteiger partial charge in [0.15, 0.2) is 6.61 Å². The number of hydrogen-bond acceptors (Lipinski definition) is 6. The van der Waals surface area contributed by atoms with Crippen molar-refractivity contribution in [1.29, 1.82) is 0 Å². The van der Waals surface area contributed by atoms with Crippen molar-refractivity contribution in [2.75, 3.05) is 26.9 Å². The second-order valence-electron chi connectivity index (χ2n) is 6.47. The Morgan fingerprint density at radius 2 is 1.31 bits per heavy atom. The van der Waals surface area contributed by atoms with Crippen molar-refractivity contribution < 1.29 is 28.5 Å². The summed E-state index contributed by atoms with van der Waals surface area (Å²) in [5, 5.41) is 0. The van der Waals surface area contributed by atoms with Gasteiger partial charge in [-0.3, -0.25) is 20.4 Å². The smallest absolute Gasteiger partial charge is 0.276 e. The molecule has 0 atom stereocenters. The minimum atomic E-state index is -0.512. The first-order valence-corrected chi connectivity index (χ1v) is 9.91. The van der Waals surface area contributed by atoms with Crippen LogP contribution in [0.3, 0.4) is 0 Å². The predicted molar refractivity (Wildman–Crippen MR) is 118 cm³/mol. The number of rotatable bonds is 10. The number of carbonyl (C=O) groups is 2. The molecule has 0 aromatic heterocycles. The Bertz CT molecular complexity index is 1010. The summed E-state index contributed by atoms with van der Waals surface area (Å²) >= 11 is 0. The molecule has 0 spiro atoms. The largest absolute Gasteiger partial charge is 0.497 e. The van der Waals surface area contributed by atoms with E-state index in [9.17, 15) is 9.59 Å². The van der Waals surface area contributed by atoms with Crippen LogP contribution in [0.15, 0.2) is 78.9 Å². The Morgan fingerprint density at radius 3 is 2.06 bits per heavy atom. The second-order valence-corrected chi connectivity index (χ2v) is 6.47. The van der Waals surface area contributed by atoms with Crippen LogP contribution >= 0.6 is 0 Å². The molecule has 0 unspecified atom stereocenters. The lowest BCUT2D eigenvalue weighted by Crippen LogP contribution is -2.44. The minimum Gasteiger partial charge on any atom is -0.497 e. The van der Waals surface area contributed by atoms with Crippen molar-refractivity contribution in [3.05, 3.63) is 84.4 Å². The van der Waals surface area contributed by atoms with E-state index in [1.807, 2.05) is 30.3 Å². The van der Waals surface area contributed by atoms with Gasteiger partial charge < -0.3 is 18.9 Å². The number of nitrogens with one attached hydrogen (secondary N) is 2. The summed E-state index contributed by atoms with van der Waals surface area (Å²) in [7, 11) is 1.56. The molecule has 3 aromatic rings. The van der Waals surface area contributed by atoms with Crippen molar-refractivity contribution >= 4 is 11.8 Å². The molecule has 0 aliphatic rings. The fourth-order valence-electron chi connectivity index (χ4n) is 2.66. The number of carbonyl (C=O) groups excluding carboxylic acids is 2. The van der Waals surface area contributed by atoms with Crippen molar-refractivity contribution in [1.82, 2.24) is 10.9 Å². The van der Waals surface area contributed by atoms with Gasteiger partial charge in [-0.25, -0.2) is 0 Å². The molecular formula is C24H24N2O6. The third-order valence-electron chi connectivity index (χ3n) is 4.23. The molecule has 0 aliphatic heterocycles. The summed E-state index contributed by atoms with van der Waals surface area (Å²) in [5.41, 5.74) is 4.96. The summed E-state index contributed by atoms with van der Waals surface area (Å²) in [4.78, 5) is 24.5. The molecule has 2 N–H and O–H groups in total. The van der Waals surface area contributed by atoms with Gasteiger partial charge in [-0.05, 0) is 48.5 Å². The normalized spacial score (nSPS) is 10.0. The zero-order valence-electron chi connectivity index (χ0n) is 17.6. The molecule has 0 aliphatic carbocycles. The number of amides is 2. The maximum absolute atomic E-state index is 12.5. The Labute approximate surface area is 186 Å². The lowest BCUT2D eigenvalue weighted by Gasteiger charge is -2.13. The molecule has 2 amide bonds. The maximum Gasteiger partial charge on any atom is 0.276 e. The Morgan fingerprint density at radius 1 is 0.688 bits per heavy atom. The zero-order chi connectivity index (χ0) is 22.6. The predicted octanol–water partition coefficient (Wildman–Crippen LogP) is 2.99. The summed E-state index contributed by atoms with van der Waals surface area (Å²) in [5.74, 6) is 1.28. The monoisotopic (exact) mass is 436 g/mol. The van der Waals surface area contributed by atoms with Crippen LogP contribution in [0.2, 0.25) is 0 Å². The molecule has 0 radical (unpaired) electrons. The van der Waals surface area contributed by atoms with Gasteiger partial charge in [-0.15, -0.1) is 0 Å². The molecule has 3 rings (SSSR count). The summed E-state index contributed by atoms with van der Waals surface area (Å²) in [6, 6.07) is 22.9. The van der Waals surface area contributed by atoms with Gasteiger partial charge in [0.05, 0.1) is 12.7 Å². The molecule has 8 heteroatoms. The van der Waals surface area contributed by atoms with Crippen molar-refractivity contribution in [2.45, 2.75) is 0 Å². The highest BCUT2D eigenvalue weighted by atomic mass is 16.5. The number of para-hydroxylation sites is 2. The fraction of sp³-hybridized carbons (Fsp3) is 0.167. The van der Waals surface area contributed by atoms with E-state index in [1.54, 1.807) is 55.6 Å². The molecular weight excluding hydrogens is 412 g/mol. The molecule has 166 valence electrons. The van der Waals surface area contributed by atoms with Crippen molar-refractivity contribution in [3.8, 4) is 23.0 Å².